The summed E-state index contributed by atoms with van der Waals surface area (Å²) in [6.07, 6.45) is 4.83. The Morgan fingerprint density at radius 1 is 0.931 bits per heavy atom. The van der Waals surface area contributed by atoms with E-state index in [0.29, 0.717) is 23.7 Å². The Labute approximate surface area is 174 Å². The quantitative estimate of drug-likeness (QED) is 0.238. The summed E-state index contributed by atoms with van der Waals surface area (Å²) in [5, 5.41) is 0. The van der Waals surface area contributed by atoms with Gasteiger partial charge in [0, 0.05) is 11.6 Å². The van der Waals surface area contributed by atoms with E-state index in [1.807, 2.05) is 6.08 Å². The van der Waals surface area contributed by atoms with Crippen LogP contribution in [0.15, 0.2) is 36.9 Å². The maximum absolute atomic E-state index is 14.0. The lowest BCUT2D eigenvalue weighted by Crippen LogP contribution is -2.11. The summed E-state index contributed by atoms with van der Waals surface area (Å²) in [6, 6.07) is 4.50. The highest BCUT2D eigenvalue weighted by atomic mass is 19.4. The van der Waals surface area contributed by atoms with Gasteiger partial charge in [0.15, 0.2) is 0 Å². The van der Waals surface area contributed by atoms with Crippen molar-refractivity contribution in [1.82, 2.24) is 0 Å². The van der Waals surface area contributed by atoms with Gasteiger partial charge in [-0.25, -0.2) is 4.39 Å². The fourth-order valence-electron chi connectivity index (χ4n) is 3.36. The van der Waals surface area contributed by atoms with Crippen molar-refractivity contribution in [3.05, 3.63) is 53.9 Å². The Balaban J connectivity index is 2.42. The van der Waals surface area contributed by atoms with Gasteiger partial charge in [-0.05, 0) is 67.1 Å². The summed E-state index contributed by atoms with van der Waals surface area (Å²) in [5.74, 6) is 1.86. The van der Waals surface area contributed by atoms with Crippen LogP contribution in [-0.4, -0.2) is 6.18 Å². The van der Waals surface area contributed by atoms with Gasteiger partial charge in [-0.15, -0.1) is 6.58 Å². The van der Waals surface area contributed by atoms with Gasteiger partial charge in [-0.3, -0.25) is 0 Å². The van der Waals surface area contributed by atoms with E-state index < -0.39 is 12.0 Å². The maximum atomic E-state index is 14.0. The molecule has 1 rings (SSSR count). The van der Waals surface area contributed by atoms with Gasteiger partial charge in [0.1, 0.15) is 5.82 Å². The smallest absolute Gasteiger partial charge is 0.206 e. The summed E-state index contributed by atoms with van der Waals surface area (Å²) in [6.45, 7) is 12.9. The van der Waals surface area contributed by atoms with Gasteiger partial charge in [-0.1, -0.05) is 58.7 Å². The molecule has 4 heteroatoms. The SMILES string of the molecule is C=CC(C)CCC(C)C(C)CCC(C)CCc1ccc(/C=C/C(F)(F)F)c(F)c1. The third-order valence-corrected chi connectivity index (χ3v) is 6.01. The van der Waals surface area contributed by atoms with Crippen molar-refractivity contribution in [2.24, 2.45) is 23.7 Å². The van der Waals surface area contributed by atoms with E-state index in [4.69, 9.17) is 0 Å². The number of allylic oxidation sites excluding steroid dienone is 2. The Kier molecular flexibility index (Phi) is 10.7. The Morgan fingerprint density at radius 2 is 1.55 bits per heavy atom. The highest BCUT2D eigenvalue weighted by Gasteiger charge is 2.22. The molecule has 0 bridgehead atoms. The van der Waals surface area contributed by atoms with E-state index in [0.717, 1.165) is 30.9 Å². The van der Waals surface area contributed by atoms with Crippen LogP contribution in [0.4, 0.5) is 17.6 Å². The minimum absolute atomic E-state index is 0.0345. The zero-order valence-corrected chi connectivity index (χ0v) is 18.2. The second kappa shape index (κ2) is 12.2. The molecule has 1 aromatic rings. The van der Waals surface area contributed by atoms with Crippen molar-refractivity contribution in [3.8, 4) is 0 Å². The lowest BCUT2D eigenvalue weighted by atomic mass is 9.84. The van der Waals surface area contributed by atoms with Crippen LogP contribution in [0.1, 0.15) is 70.9 Å². The predicted molar refractivity (Wildman–Crippen MR) is 115 cm³/mol. The number of hydrogen-bond acceptors (Lipinski definition) is 0. The highest BCUT2D eigenvalue weighted by molar-refractivity contribution is 5.51. The summed E-state index contributed by atoms with van der Waals surface area (Å²) in [5.41, 5.74) is 0.797. The molecule has 0 fully saturated rings. The maximum Gasteiger partial charge on any atom is 0.409 e. The molecule has 4 unspecified atom stereocenters. The molecule has 0 aliphatic rings. The average molecular weight is 413 g/mol. The molecule has 4 atom stereocenters. The second-order valence-electron chi connectivity index (χ2n) is 8.70. The molecule has 0 saturated heterocycles. The molecule has 29 heavy (non-hydrogen) atoms. The molecule has 0 saturated carbocycles. The van der Waals surface area contributed by atoms with Crippen molar-refractivity contribution in [2.75, 3.05) is 0 Å². The molecular formula is C25H36F4. The van der Waals surface area contributed by atoms with E-state index in [1.54, 1.807) is 6.07 Å². The van der Waals surface area contributed by atoms with Crippen LogP contribution in [0.2, 0.25) is 0 Å². The number of alkyl halides is 3. The van der Waals surface area contributed by atoms with Gasteiger partial charge < -0.3 is 0 Å². The largest absolute Gasteiger partial charge is 0.409 e. The monoisotopic (exact) mass is 412 g/mol. The number of rotatable bonds is 12. The highest BCUT2D eigenvalue weighted by Crippen LogP contribution is 2.27. The van der Waals surface area contributed by atoms with Gasteiger partial charge in [0.25, 0.3) is 0 Å². The molecule has 0 nitrogen and oxygen atoms in total. The van der Waals surface area contributed by atoms with Gasteiger partial charge in [0.2, 0.25) is 0 Å². The topological polar surface area (TPSA) is 0 Å². The molecular weight excluding hydrogens is 376 g/mol. The van der Waals surface area contributed by atoms with Crippen molar-refractivity contribution in [3.63, 3.8) is 0 Å². The number of benzene rings is 1. The van der Waals surface area contributed by atoms with Crippen molar-refractivity contribution < 1.29 is 17.6 Å². The summed E-state index contributed by atoms with van der Waals surface area (Å²) < 4.78 is 50.7. The summed E-state index contributed by atoms with van der Waals surface area (Å²) in [4.78, 5) is 0. The number of hydrogen-bond donors (Lipinski definition) is 0. The third kappa shape index (κ3) is 10.7. The molecule has 0 aliphatic heterocycles. The fourth-order valence-corrected chi connectivity index (χ4v) is 3.36. The van der Waals surface area contributed by atoms with Crippen LogP contribution in [-0.2, 0) is 6.42 Å². The molecule has 164 valence electrons. The summed E-state index contributed by atoms with van der Waals surface area (Å²) in [7, 11) is 0. The lowest BCUT2D eigenvalue weighted by molar-refractivity contribution is -0.0790. The van der Waals surface area contributed by atoms with Gasteiger partial charge >= 0.3 is 6.18 Å². The zero-order chi connectivity index (χ0) is 22.0. The number of halogens is 4. The van der Waals surface area contributed by atoms with Crippen molar-refractivity contribution >= 4 is 6.08 Å². The lowest BCUT2D eigenvalue weighted by Gasteiger charge is -2.22. The fraction of sp³-hybridized carbons (Fsp3) is 0.600. The Morgan fingerprint density at radius 3 is 2.10 bits per heavy atom. The first-order valence-electron chi connectivity index (χ1n) is 10.7. The molecule has 0 N–H and O–H groups in total. The first-order valence-corrected chi connectivity index (χ1v) is 10.7. The predicted octanol–water partition coefficient (Wildman–Crippen LogP) is 8.62. The molecule has 0 spiro atoms. The van der Waals surface area contributed by atoms with Crippen molar-refractivity contribution in [2.45, 2.75) is 72.4 Å². The van der Waals surface area contributed by atoms with Crippen LogP contribution in [0.3, 0.4) is 0 Å². The van der Waals surface area contributed by atoms with E-state index in [2.05, 4.69) is 34.3 Å². The zero-order valence-electron chi connectivity index (χ0n) is 18.2. The third-order valence-electron chi connectivity index (χ3n) is 6.01. The van der Waals surface area contributed by atoms with Crippen LogP contribution < -0.4 is 0 Å². The normalized spacial score (nSPS) is 16.6. The minimum atomic E-state index is -4.43. The number of aryl methyl sites for hydroxylation is 1. The van der Waals surface area contributed by atoms with Gasteiger partial charge in [0.05, 0.1) is 0 Å². The van der Waals surface area contributed by atoms with E-state index in [-0.39, 0.29) is 11.6 Å². The molecule has 0 radical (unpaired) electrons. The van der Waals surface area contributed by atoms with Crippen molar-refractivity contribution in [1.29, 1.82) is 0 Å². The van der Waals surface area contributed by atoms with Crippen LogP contribution in [0, 0.1) is 29.5 Å². The van der Waals surface area contributed by atoms with E-state index >= 15 is 0 Å². The van der Waals surface area contributed by atoms with E-state index in [1.165, 1.54) is 31.4 Å². The molecule has 0 amide bonds. The summed E-state index contributed by atoms with van der Waals surface area (Å²) >= 11 is 0. The average Bonchev–Trinajstić information content (AvgIpc) is 2.66. The molecule has 0 aromatic heterocycles. The molecule has 0 aliphatic carbocycles. The van der Waals surface area contributed by atoms with Gasteiger partial charge in [-0.2, -0.15) is 13.2 Å². The second-order valence-corrected chi connectivity index (χ2v) is 8.70. The minimum Gasteiger partial charge on any atom is -0.206 e. The molecule has 1 aromatic carbocycles. The first-order chi connectivity index (χ1) is 13.5. The standard InChI is InChI=1S/C25H36F4/c1-6-18(2)7-10-20(4)21(5)11-8-19(3)9-12-22-13-14-23(24(26)17-22)15-16-25(27,28)29/h6,13-21H,1,7-12H2,2-5H3/b16-15+. The Bertz CT molecular complexity index is 645. The van der Waals surface area contributed by atoms with Crippen LogP contribution in [0.5, 0.6) is 0 Å². The van der Waals surface area contributed by atoms with E-state index in [9.17, 15) is 17.6 Å². The van der Waals surface area contributed by atoms with Crippen LogP contribution in [0.25, 0.3) is 6.08 Å². The van der Waals surface area contributed by atoms with Crippen LogP contribution >= 0.6 is 0 Å². The molecule has 0 heterocycles. The first kappa shape index (κ1) is 25.5. The Hall–Kier alpha value is -1.58.